The molecule has 1 saturated carbocycles. The number of cyclic esters (lactones) is 1. The van der Waals surface area contributed by atoms with Crippen LogP contribution in [0.5, 0.6) is 0 Å². The Hall–Kier alpha value is -2.59. The SMILES string of the molecule is O=C1Nc2nccc(-c3cc(C(F)(F)F)cc(N4CCOC5CCCC54)n3)c2[C@H](C(F)(F)P)O1. The molecule has 0 radical (unpaired) electrons. The number of amides is 1. The average molecular weight is 502 g/mol. The van der Waals surface area contributed by atoms with Crippen molar-refractivity contribution in [3.8, 4) is 11.3 Å². The standard InChI is InChI=1S/C21H20F5N4O3P/c22-20(23,24)10-8-12(28-15(9-10)30-6-7-32-14-3-1-2-13(14)30)11-4-5-27-18-16(11)17(21(25,26)34)33-19(31)29-18/h4-5,8-9,13-14,17H,1-3,6-7,34H2,(H,27,29,31)/t13?,14?,17-/m1/s1. The van der Waals surface area contributed by atoms with Gasteiger partial charge in [0.25, 0.3) is 5.66 Å². The van der Waals surface area contributed by atoms with E-state index in [0.717, 1.165) is 31.4 Å². The highest BCUT2D eigenvalue weighted by molar-refractivity contribution is 7.18. The number of nitrogens with zero attached hydrogens (tertiary/aromatic N) is 3. The summed E-state index contributed by atoms with van der Waals surface area (Å²) in [5.74, 6) is -0.130. The fraction of sp³-hybridized carbons (Fsp3) is 0.476. The van der Waals surface area contributed by atoms with Gasteiger partial charge in [0.2, 0.25) is 0 Å². The van der Waals surface area contributed by atoms with Crippen LogP contribution in [0.25, 0.3) is 11.3 Å². The number of ether oxygens (including phenoxy) is 2. The second kappa shape index (κ2) is 8.27. The largest absolute Gasteiger partial charge is 0.434 e. The van der Waals surface area contributed by atoms with Crippen LogP contribution >= 0.6 is 9.24 Å². The number of nitrogens with one attached hydrogen (secondary N) is 1. The van der Waals surface area contributed by atoms with Gasteiger partial charge in [0.1, 0.15) is 11.6 Å². The number of halogens is 5. The van der Waals surface area contributed by atoms with Gasteiger partial charge in [0.05, 0.1) is 35.6 Å². The van der Waals surface area contributed by atoms with Crippen molar-refractivity contribution in [3.63, 3.8) is 0 Å². The van der Waals surface area contributed by atoms with Gasteiger partial charge in [-0.3, -0.25) is 5.32 Å². The van der Waals surface area contributed by atoms with Crippen molar-refractivity contribution in [1.29, 1.82) is 0 Å². The third-order valence-electron chi connectivity index (χ3n) is 6.24. The van der Waals surface area contributed by atoms with Crippen LogP contribution in [0.4, 0.5) is 38.4 Å². The average Bonchev–Trinajstić information content (AvgIpc) is 3.25. The Bertz CT molecular complexity index is 1130. The van der Waals surface area contributed by atoms with Crippen molar-refractivity contribution in [3.05, 3.63) is 35.5 Å². The minimum atomic E-state index is -4.70. The van der Waals surface area contributed by atoms with Gasteiger partial charge >= 0.3 is 12.3 Å². The highest BCUT2D eigenvalue weighted by Crippen LogP contribution is 2.48. The summed E-state index contributed by atoms with van der Waals surface area (Å²) in [6.45, 7) is 0.704. The molecule has 1 aliphatic carbocycles. The minimum absolute atomic E-state index is 0.0410. The zero-order valence-electron chi connectivity index (χ0n) is 17.6. The summed E-state index contributed by atoms with van der Waals surface area (Å²) in [4.78, 5) is 22.0. The molecule has 34 heavy (non-hydrogen) atoms. The van der Waals surface area contributed by atoms with Crippen molar-refractivity contribution in [2.75, 3.05) is 23.4 Å². The van der Waals surface area contributed by atoms with Gasteiger partial charge in [0.15, 0.2) is 6.10 Å². The molecule has 7 nitrogen and oxygen atoms in total. The molecule has 2 aromatic rings. The smallest absolute Gasteiger partial charge is 0.416 e. The van der Waals surface area contributed by atoms with E-state index < -0.39 is 29.6 Å². The van der Waals surface area contributed by atoms with Gasteiger partial charge in [0, 0.05) is 18.3 Å². The third kappa shape index (κ3) is 4.17. The van der Waals surface area contributed by atoms with Crippen molar-refractivity contribution in [1.82, 2.24) is 9.97 Å². The van der Waals surface area contributed by atoms with E-state index in [1.165, 1.54) is 21.5 Å². The Labute approximate surface area is 193 Å². The highest BCUT2D eigenvalue weighted by Gasteiger charge is 2.46. The first kappa shape index (κ1) is 23.2. The van der Waals surface area contributed by atoms with Crippen LogP contribution in [0.3, 0.4) is 0 Å². The number of fused-ring (bicyclic) bond motifs is 2. The molecule has 1 N–H and O–H groups in total. The maximum absolute atomic E-state index is 14.3. The monoisotopic (exact) mass is 502 g/mol. The van der Waals surface area contributed by atoms with Crippen LogP contribution in [-0.4, -0.2) is 47.0 Å². The normalized spacial score (nSPS) is 24.8. The zero-order valence-corrected chi connectivity index (χ0v) is 18.8. The minimum Gasteiger partial charge on any atom is -0.434 e. The molecular formula is C21H20F5N4O3P. The van der Waals surface area contributed by atoms with Crippen molar-refractivity contribution >= 4 is 27.0 Å². The lowest BCUT2D eigenvalue weighted by atomic mass is 9.98. The quantitative estimate of drug-likeness (QED) is 0.471. The van der Waals surface area contributed by atoms with E-state index in [0.29, 0.717) is 13.2 Å². The van der Waals surface area contributed by atoms with Crippen molar-refractivity contribution in [2.24, 2.45) is 0 Å². The molecule has 3 aliphatic rings. The number of carbonyl (C=O) groups excluding carboxylic acids is 1. The Morgan fingerprint density at radius 2 is 1.97 bits per heavy atom. The van der Waals surface area contributed by atoms with E-state index in [9.17, 15) is 26.7 Å². The molecule has 13 heteroatoms. The Morgan fingerprint density at radius 1 is 1.18 bits per heavy atom. The van der Waals surface area contributed by atoms with E-state index in [4.69, 9.17) is 9.47 Å². The first-order valence-electron chi connectivity index (χ1n) is 10.6. The number of anilines is 2. The van der Waals surface area contributed by atoms with Gasteiger partial charge < -0.3 is 14.4 Å². The van der Waals surface area contributed by atoms with Gasteiger partial charge in [-0.1, -0.05) is 9.24 Å². The Kier molecular flexibility index (Phi) is 5.63. The molecule has 1 saturated heterocycles. The summed E-state index contributed by atoms with van der Waals surface area (Å²) >= 11 is 0. The van der Waals surface area contributed by atoms with Crippen LogP contribution in [-0.2, 0) is 15.7 Å². The highest BCUT2D eigenvalue weighted by atomic mass is 31.0. The second-order valence-electron chi connectivity index (χ2n) is 8.40. The van der Waals surface area contributed by atoms with Crippen LogP contribution in [0.15, 0.2) is 24.4 Å². The molecule has 0 spiro atoms. The number of rotatable bonds is 3. The molecule has 0 aromatic carbocycles. The third-order valence-corrected chi connectivity index (χ3v) is 6.54. The number of hydrogen-bond donors (Lipinski definition) is 1. The van der Waals surface area contributed by atoms with Crippen molar-refractivity contribution in [2.45, 2.75) is 49.4 Å². The number of carbonyl (C=O) groups is 1. The summed E-state index contributed by atoms with van der Waals surface area (Å²) in [6.07, 6.45) is -4.34. The molecule has 2 fully saturated rings. The number of pyridine rings is 2. The van der Waals surface area contributed by atoms with Gasteiger partial charge in [-0.25, -0.2) is 14.8 Å². The maximum atomic E-state index is 14.3. The predicted molar refractivity (Wildman–Crippen MR) is 115 cm³/mol. The lowest BCUT2D eigenvalue weighted by Gasteiger charge is -2.39. The summed E-state index contributed by atoms with van der Waals surface area (Å²) in [5.41, 5.74) is -5.03. The first-order chi connectivity index (χ1) is 16.0. The lowest BCUT2D eigenvalue weighted by Crippen LogP contribution is -2.49. The summed E-state index contributed by atoms with van der Waals surface area (Å²) in [5, 5.41) is 2.23. The molecule has 1 amide bonds. The van der Waals surface area contributed by atoms with Gasteiger partial charge in [-0.15, -0.1) is 0 Å². The van der Waals surface area contributed by atoms with E-state index >= 15 is 0 Å². The lowest BCUT2D eigenvalue weighted by molar-refractivity contribution is -0.137. The summed E-state index contributed by atoms with van der Waals surface area (Å²) in [7, 11) is 1.30. The Balaban J connectivity index is 1.67. The van der Waals surface area contributed by atoms with E-state index in [-0.39, 0.29) is 40.6 Å². The molecule has 5 rings (SSSR count). The molecule has 0 bridgehead atoms. The van der Waals surface area contributed by atoms with E-state index in [1.807, 2.05) is 0 Å². The number of morpholine rings is 1. The Morgan fingerprint density at radius 3 is 2.71 bits per heavy atom. The number of aromatic nitrogens is 2. The maximum Gasteiger partial charge on any atom is 0.416 e. The topological polar surface area (TPSA) is 76.6 Å². The van der Waals surface area contributed by atoms with Crippen molar-refractivity contribution < 1.29 is 36.2 Å². The second-order valence-corrected chi connectivity index (χ2v) is 9.17. The van der Waals surface area contributed by atoms with Crippen LogP contribution in [0, 0.1) is 0 Å². The molecule has 2 aliphatic heterocycles. The zero-order chi connectivity index (χ0) is 24.3. The van der Waals surface area contributed by atoms with E-state index in [2.05, 4.69) is 15.3 Å². The molecule has 4 heterocycles. The molecule has 3 unspecified atom stereocenters. The van der Waals surface area contributed by atoms with Gasteiger partial charge in [-0.2, -0.15) is 22.0 Å². The molecular weight excluding hydrogens is 482 g/mol. The molecule has 4 atom stereocenters. The predicted octanol–water partition coefficient (Wildman–Crippen LogP) is 4.99. The fourth-order valence-corrected chi connectivity index (χ4v) is 5.03. The van der Waals surface area contributed by atoms with E-state index in [1.54, 1.807) is 4.90 Å². The molecule has 182 valence electrons. The van der Waals surface area contributed by atoms with Crippen LogP contribution in [0.2, 0.25) is 0 Å². The molecule has 2 aromatic heterocycles. The number of hydrogen-bond acceptors (Lipinski definition) is 6. The van der Waals surface area contributed by atoms with Crippen LogP contribution < -0.4 is 10.2 Å². The first-order valence-corrected chi connectivity index (χ1v) is 11.2. The van der Waals surface area contributed by atoms with Crippen LogP contribution in [0.1, 0.15) is 36.5 Å². The van der Waals surface area contributed by atoms with Gasteiger partial charge in [-0.05, 0) is 37.5 Å². The fourth-order valence-electron chi connectivity index (χ4n) is 4.80. The summed E-state index contributed by atoms with van der Waals surface area (Å²) < 4.78 is 80.9. The number of alkyl halides is 5. The summed E-state index contributed by atoms with van der Waals surface area (Å²) in [6, 6.07) is 2.95.